The van der Waals surface area contributed by atoms with Crippen molar-refractivity contribution in [3.63, 3.8) is 0 Å². The molecule has 0 spiro atoms. The molecule has 8 heavy (non-hydrogen) atoms. The van der Waals surface area contributed by atoms with Gasteiger partial charge < -0.3 is 0 Å². The molecular formula is C6H12F2. The summed E-state index contributed by atoms with van der Waals surface area (Å²) in [5.41, 5.74) is 0. The molecule has 0 fully saturated rings. The Bertz CT molecular complexity index is 52.5. The lowest BCUT2D eigenvalue weighted by atomic mass is 10.2. The summed E-state index contributed by atoms with van der Waals surface area (Å²) in [5, 5.41) is 0. The van der Waals surface area contributed by atoms with Crippen LogP contribution in [-0.4, -0.2) is 12.3 Å². The molecule has 50 valence electrons. The highest BCUT2D eigenvalue weighted by molar-refractivity contribution is 4.60. The third kappa shape index (κ3) is 2.94. The van der Waals surface area contributed by atoms with E-state index in [4.69, 9.17) is 0 Å². The van der Waals surface area contributed by atoms with Crippen molar-refractivity contribution in [2.75, 3.05) is 0 Å². The minimum Gasteiger partial charge on any atom is -0.245 e. The average Bonchev–Trinajstić information content (AvgIpc) is 1.67. The van der Waals surface area contributed by atoms with Crippen molar-refractivity contribution in [1.82, 2.24) is 0 Å². The Morgan fingerprint density at radius 2 is 1.88 bits per heavy atom. The number of hydrogen-bond acceptors (Lipinski definition) is 0. The zero-order chi connectivity index (χ0) is 6.57. The SMILES string of the molecule is CCC[C@@H](F)[C@@H](C)F. The van der Waals surface area contributed by atoms with Crippen molar-refractivity contribution < 1.29 is 8.78 Å². The smallest absolute Gasteiger partial charge is 0.131 e. The summed E-state index contributed by atoms with van der Waals surface area (Å²) in [6.45, 7) is 3.09. The van der Waals surface area contributed by atoms with Crippen LogP contribution in [0.25, 0.3) is 0 Å². The Morgan fingerprint density at radius 3 is 2.00 bits per heavy atom. The molecule has 0 aromatic rings. The van der Waals surface area contributed by atoms with Crippen LogP contribution in [0.5, 0.6) is 0 Å². The first-order chi connectivity index (χ1) is 3.68. The molecule has 0 bridgehead atoms. The lowest BCUT2D eigenvalue weighted by Crippen LogP contribution is -2.11. The minimum absolute atomic E-state index is 0.345. The zero-order valence-electron chi connectivity index (χ0n) is 5.32. The topological polar surface area (TPSA) is 0 Å². The van der Waals surface area contributed by atoms with Gasteiger partial charge in [0, 0.05) is 0 Å². The lowest BCUT2D eigenvalue weighted by Gasteiger charge is -2.05. The molecular weight excluding hydrogens is 110 g/mol. The highest BCUT2D eigenvalue weighted by atomic mass is 19.2. The Kier molecular flexibility index (Phi) is 3.75. The maximum Gasteiger partial charge on any atom is 0.131 e. The Labute approximate surface area is 48.9 Å². The summed E-state index contributed by atoms with van der Waals surface area (Å²) in [4.78, 5) is 0. The van der Waals surface area contributed by atoms with E-state index in [1.54, 1.807) is 0 Å². The fourth-order valence-electron chi connectivity index (χ4n) is 0.505. The second kappa shape index (κ2) is 3.81. The fourth-order valence-corrected chi connectivity index (χ4v) is 0.505. The van der Waals surface area contributed by atoms with Gasteiger partial charge in [0.25, 0.3) is 0 Å². The maximum absolute atomic E-state index is 12.2. The molecule has 0 heterocycles. The van der Waals surface area contributed by atoms with Gasteiger partial charge in [0.05, 0.1) is 0 Å². The predicted molar refractivity (Wildman–Crippen MR) is 30.4 cm³/mol. The molecule has 2 heteroatoms. The van der Waals surface area contributed by atoms with Gasteiger partial charge in [-0.1, -0.05) is 13.3 Å². The van der Waals surface area contributed by atoms with E-state index in [1.165, 1.54) is 6.92 Å². The van der Waals surface area contributed by atoms with Gasteiger partial charge in [-0.25, -0.2) is 8.78 Å². The predicted octanol–water partition coefficient (Wildman–Crippen LogP) is 2.48. The summed E-state index contributed by atoms with van der Waals surface area (Å²) in [6.07, 6.45) is -1.48. The molecule has 0 rings (SSSR count). The Hall–Kier alpha value is -0.140. The summed E-state index contributed by atoms with van der Waals surface area (Å²) >= 11 is 0. The van der Waals surface area contributed by atoms with E-state index >= 15 is 0 Å². The van der Waals surface area contributed by atoms with Crippen LogP contribution in [0, 0.1) is 0 Å². The Morgan fingerprint density at radius 1 is 1.38 bits per heavy atom. The number of halogens is 2. The van der Waals surface area contributed by atoms with Crippen molar-refractivity contribution in [2.24, 2.45) is 0 Å². The van der Waals surface area contributed by atoms with E-state index < -0.39 is 12.3 Å². The van der Waals surface area contributed by atoms with Crippen LogP contribution in [0.4, 0.5) is 8.78 Å². The number of hydrogen-bond donors (Lipinski definition) is 0. The largest absolute Gasteiger partial charge is 0.245 e. The highest BCUT2D eigenvalue weighted by Gasteiger charge is 2.12. The van der Waals surface area contributed by atoms with Crippen molar-refractivity contribution in [3.8, 4) is 0 Å². The van der Waals surface area contributed by atoms with Crippen LogP contribution in [0.1, 0.15) is 26.7 Å². The molecule has 0 saturated heterocycles. The summed E-state index contributed by atoms with van der Waals surface area (Å²) in [6, 6.07) is 0. The van der Waals surface area contributed by atoms with E-state index in [0.717, 1.165) is 6.42 Å². The molecule has 0 unspecified atom stereocenters. The lowest BCUT2D eigenvalue weighted by molar-refractivity contribution is 0.172. The standard InChI is InChI=1S/C6H12F2/c1-3-4-6(8)5(2)7/h5-6H,3-4H2,1-2H3/t5-,6-/m1/s1. The fraction of sp³-hybridized carbons (Fsp3) is 1.00. The van der Waals surface area contributed by atoms with E-state index in [9.17, 15) is 8.78 Å². The van der Waals surface area contributed by atoms with Gasteiger partial charge in [-0.15, -0.1) is 0 Å². The van der Waals surface area contributed by atoms with E-state index in [0.29, 0.717) is 6.42 Å². The third-order valence-electron chi connectivity index (χ3n) is 1.06. The monoisotopic (exact) mass is 122 g/mol. The van der Waals surface area contributed by atoms with Crippen LogP contribution in [0.2, 0.25) is 0 Å². The van der Waals surface area contributed by atoms with Gasteiger partial charge in [-0.3, -0.25) is 0 Å². The second-order valence-corrected chi connectivity index (χ2v) is 1.98. The quantitative estimate of drug-likeness (QED) is 0.539. The van der Waals surface area contributed by atoms with Gasteiger partial charge in [0.2, 0.25) is 0 Å². The number of rotatable bonds is 3. The maximum atomic E-state index is 12.2. The molecule has 0 radical (unpaired) electrons. The molecule has 0 N–H and O–H groups in total. The van der Waals surface area contributed by atoms with E-state index in [2.05, 4.69) is 0 Å². The van der Waals surface area contributed by atoms with Crippen molar-refractivity contribution in [1.29, 1.82) is 0 Å². The van der Waals surface area contributed by atoms with Crippen LogP contribution >= 0.6 is 0 Å². The summed E-state index contributed by atoms with van der Waals surface area (Å²) < 4.78 is 24.1. The van der Waals surface area contributed by atoms with Gasteiger partial charge in [0.15, 0.2) is 0 Å². The van der Waals surface area contributed by atoms with Gasteiger partial charge in [-0.05, 0) is 13.3 Å². The van der Waals surface area contributed by atoms with E-state index in [-0.39, 0.29) is 0 Å². The molecule has 0 saturated carbocycles. The van der Waals surface area contributed by atoms with Crippen LogP contribution in [0.3, 0.4) is 0 Å². The third-order valence-corrected chi connectivity index (χ3v) is 1.06. The summed E-state index contributed by atoms with van der Waals surface area (Å²) in [7, 11) is 0. The van der Waals surface area contributed by atoms with Crippen LogP contribution < -0.4 is 0 Å². The van der Waals surface area contributed by atoms with Crippen molar-refractivity contribution in [2.45, 2.75) is 39.0 Å². The molecule has 0 amide bonds. The minimum atomic E-state index is -1.30. The van der Waals surface area contributed by atoms with Crippen molar-refractivity contribution in [3.05, 3.63) is 0 Å². The number of alkyl halides is 2. The zero-order valence-corrected chi connectivity index (χ0v) is 5.32. The van der Waals surface area contributed by atoms with Gasteiger partial charge in [-0.2, -0.15) is 0 Å². The molecule has 0 aromatic heterocycles. The molecule has 0 aliphatic heterocycles. The molecule has 0 aliphatic carbocycles. The summed E-state index contributed by atoms with van der Waals surface area (Å²) in [5.74, 6) is 0. The van der Waals surface area contributed by atoms with Crippen LogP contribution in [-0.2, 0) is 0 Å². The first-order valence-electron chi connectivity index (χ1n) is 2.96. The van der Waals surface area contributed by atoms with E-state index in [1.807, 2.05) is 6.92 Å². The highest BCUT2D eigenvalue weighted by Crippen LogP contribution is 2.08. The van der Waals surface area contributed by atoms with Crippen molar-refractivity contribution >= 4 is 0 Å². The second-order valence-electron chi connectivity index (χ2n) is 1.98. The Balaban J connectivity index is 3.17. The first kappa shape index (κ1) is 7.86. The molecule has 2 atom stereocenters. The normalized spacial score (nSPS) is 18.0. The molecule has 0 aromatic carbocycles. The van der Waals surface area contributed by atoms with Gasteiger partial charge >= 0.3 is 0 Å². The molecule has 0 aliphatic rings. The van der Waals surface area contributed by atoms with Gasteiger partial charge in [0.1, 0.15) is 12.3 Å². The average molecular weight is 122 g/mol. The first-order valence-corrected chi connectivity index (χ1v) is 2.96. The van der Waals surface area contributed by atoms with Crippen LogP contribution in [0.15, 0.2) is 0 Å². The molecule has 0 nitrogen and oxygen atoms in total.